The smallest absolute Gasteiger partial charge is 0.313 e. The molecule has 0 aliphatic carbocycles. The van der Waals surface area contributed by atoms with Gasteiger partial charge in [-0.1, -0.05) is 18.7 Å². The van der Waals surface area contributed by atoms with Crippen LogP contribution >= 0.6 is 11.8 Å². The van der Waals surface area contributed by atoms with Crippen LogP contribution in [0, 0.1) is 5.82 Å². The Hall–Kier alpha value is -1.60. The van der Waals surface area contributed by atoms with Gasteiger partial charge in [0.05, 0.1) is 16.8 Å². The lowest BCUT2D eigenvalue weighted by atomic mass is 10.3. The molecule has 0 saturated heterocycles. The van der Waals surface area contributed by atoms with Crippen LogP contribution in [-0.4, -0.2) is 51.4 Å². The zero-order chi connectivity index (χ0) is 15.4. The van der Waals surface area contributed by atoms with Crippen LogP contribution in [0.15, 0.2) is 23.4 Å². The molecule has 0 saturated carbocycles. The topological polar surface area (TPSA) is 58.4 Å². The summed E-state index contributed by atoms with van der Waals surface area (Å²) in [6.07, 6.45) is 0. The third-order valence-electron chi connectivity index (χ3n) is 3.25. The number of carbonyl (C=O) groups is 1. The molecule has 114 valence electrons. The van der Waals surface area contributed by atoms with Crippen molar-refractivity contribution in [2.24, 2.45) is 0 Å². The van der Waals surface area contributed by atoms with Gasteiger partial charge >= 0.3 is 5.97 Å². The van der Waals surface area contributed by atoms with E-state index < -0.39 is 5.97 Å². The first-order chi connectivity index (χ1) is 10.0. The molecule has 2 rings (SSSR count). The highest BCUT2D eigenvalue weighted by molar-refractivity contribution is 7.99. The van der Waals surface area contributed by atoms with Gasteiger partial charge in [0, 0.05) is 13.1 Å². The summed E-state index contributed by atoms with van der Waals surface area (Å²) >= 11 is 1.16. The molecule has 0 aliphatic heterocycles. The van der Waals surface area contributed by atoms with E-state index in [4.69, 9.17) is 5.11 Å². The van der Waals surface area contributed by atoms with Crippen LogP contribution in [0.2, 0.25) is 0 Å². The summed E-state index contributed by atoms with van der Waals surface area (Å²) in [4.78, 5) is 17.3. The number of rotatable bonds is 7. The lowest BCUT2D eigenvalue weighted by Gasteiger charge is -2.15. The van der Waals surface area contributed by atoms with Gasteiger partial charge in [-0.2, -0.15) is 0 Å². The SMILES string of the molecule is CCN(C)CCn1c(SCC(=O)O)nc2ccc(F)cc21. The predicted octanol–water partition coefficient (Wildman–Crippen LogP) is 2.30. The second kappa shape index (κ2) is 6.91. The Morgan fingerprint density at radius 3 is 2.95 bits per heavy atom. The van der Waals surface area contributed by atoms with Gasteiger partial charge in [-0.15, -0.1) is 0 Å². The van der Waals surface area contributed by atoms with E-state index in [0.29, 0.717) is 22.7 Å². The monoisotopic (exact) mass is 311 g/mol. The number of thioether (sulfide) groups is 1. The number of likely N-dealkylation sites (N-methyl/N-ethyl adjacent to an activating group) is 1. The molecule has 2 aromatic rings. The fourth-order valence-electron chi connectivity index (χ4n) is 1.96. The van der Waals surface area contributed by atoms with Crippen LogP contribution in [0.3, 0.4) is 0 Å². The summed E-state index contributed by atoms with van der Waals surface area (Å²) in [7, 11) is 2.00. The lowest BCUT2D eigenvalue weighted by molar-refractivity contribution is -0.133. The number of hydrogen-bond donors (Lipinski definition) is 1. The Morgan fingerprint density at radius 2 is 2.29 bits per heavy atom. The average Bonchev–Trinajstić information content (AvgIpc) is 2.79. The number of hydrogen-bond acceptors (Lipinski definition) is 4. The fourth-order valence-corrected chi connectivity index (χ4v) is 2.72. The van der Waals surface area contributed by atoms with E-state index in [0.717, 1.165) is 24.9 Å². The molecule has 1 aromatic heterocycles. The molecule has 0 spiro atoms. The Morgan fingerprint density at radius 1 is 1.52 bits per heavy atom. The van der Waals surface area contributed by atoms with Crippen molar-refractivity contribution in [2.45, 2.75) is 18.6 Å². The van der Waals surface area contributed by atoms with Gasteiger partial charge < -0.3 is 14.6 Å². The van der Waals surface area contributed by atoms with Crippen molar-refractivity contribution >= 4 is 28.8 Å². The summed E-state index contributed by atoms with van der Waals surface area (Å²) < 4.78 is 15.3. The number of fused-ring (bicyclic) bond motifs is 1. The van der Waals surface area contributed by atoms with E-state index in [1.807, 2.05) is 11.6 Å². The summed E-state index contributed by atoms with van der Waals surface area (Å²) in [5.41, 5.74) is 1.39. The van der Waals surface area contributed by atoms with Crippen LogP contribution < -0.4 is 0 Å². The van der Waals surface area contributed by atoms with Gasteiger partial charge in [-0.3, -0.25) is 4.79 Å². The van der Waals surface area contributed by atoms with E-state index in [2.05, 4.69) is 16.8 Å². The summed E-state index contributed by atoms with van der Waals surface area (Å²) in [5, 5.41) is 9.43. The maximum Gasteiger partial charge on any atom is 0.313 e. The van der Waals surface area contributed by atoms with Crippen molar-refractivity contribution in [2.75, 3.05) is 25.9 Å². The third kappa shape index (κ3) is 3.95. The van der Waals surface area contributed by atoms with E-state index in [9.17, 15) is 9.18 Å². The minimum atomic E-state index is -0.893. The van der Waals surface area contributed by atoms with E-state index >= 15 is 0 Å². The molecule has 5 nitrogen and oxygen atoms in total. The second-order valence-corrected chi connectivity index (χ2v) is 5.70. The zero-order valence-electron chi connectivity index (χ0n) is 12.0. The molecule has 0 amide bonds. The Bertz CT molecular complexity index is 644. The van der Waals surface area contributed by atoms with Crippen LogP contribution in [0.25, 0.3) is 11.0 Å². The van der Waals surface area contributed by atoms with Crippen molar-refractivity contribution in [3.05, 3.63) is 24.0 Å². The van der Waals surface area contributed by atoms with Crippen molar-refractivity contribution in [1.82, 2.24) is 14.5 Å². The van der Waals surface area contributed by atoms with Crippen LogP contribution in [0.1, 0.15) is 6.92 Å². The summed E-state index contributed by atoms with van der Waals surface area (Å²) in [5.74, 6) is -1.27. The molecular weight excluding hydrogens is 293 g/mol. The van der Waals surface area contributed by atoms with Crippen molar-refractivity contribution in [3.8, 4) is 0 Å². The number of imidazole rings is 1. The number of aromatic nitrogens is 2. The van der Waals surface area contributed by atoms with Gasteiger partial charge in [0.1, 0.15) is 5.82 Å². The molecule has 1 aromatic carbocycles. The Kier molecular flexibility index (Phi) is 5.19. The van der Waals surface area contributed by atoms with Crippen LogP contribution in [0.4, 0.5) is 4.39 Å². The van der Waals surface area contributed by atoms with Crippen molar-refractivity contribution in [1.29, 1.82) is 0 Å². The van der Waals surface area contributed by atoms with E-state index in [1.54, 1.807) is 6.07 Å². The molecular formula is C14H18FN3O2S. The highest BCUT2D eigenvalue weighted by Gasteiger charge is 2.13. The molecule has 21 heavy (non-hydrogen) atoms. The quantitative estimate of drug-likeness (QED) is 0.795. The maximum absolute atomic E-state index is 13.5. The molecule has 0 aliphatic rings. The van der Waals surface area contributed by atoms with Crippen molar-refractivity contribution in [3.63, 3.8) is 0 Å². The molecule has 0 unspecified atom stereocenters. The van der Waals surface area contributed by atoms with Gasteiger partial charge in [0.25, 0.3) is 0 Å². The molecule has 0 atom stereocenters. The highest BCUT2D eigenvalue weighted by atomic mass is 32.2. The standard InChI is InChI=1S/C14H18FN3O2S/c1-3-17(2)6-7-18-12-8-10(15)4-5-11(12)16-14(18)21-9-13(19)20/h4-5,8H,3,6-7,9H2,1-2H3,(H,19,20). The number of halogens is 1. The van der Waals surface area contributed by atoms with Gasteiger partial charge in [-0.25, -0.2) is 9.37 Å². The van der Waals surface area contributed by atoms with Crippen LogP contribution in [-0.2, 0) is 11.3 Å². The average molecular weight is 311 g/mol. The van der Waals surface area contributed by atoms with E-state index in [-0.39, 0.29) is 11.6 Å². The fraction of sp³-hybridized carbons (Fsp3) is 0.429. The molecule has 0 bridgehead atoms. The first-order valence-electron chi connectivity index (χ1n) is 6.70. The lowest BCUT2D eigenvalue weighted by Crippen LogP contribution is -2.23. The Balaban J connectivity index is 2.33. The van der Waals surface area contributed by atoms with Crippen LogP contribution in [0.5, 0.6) is 0 Å². The molecule has 1 N–H and O–H groups in total. The Labute approximate surface area is 126 Å². The minimum absolute atomic E-state index is 0.0601. The minimum Gasteiger partial charge on any atom is -0.481 e. The predicted molar refractivity (Wildman–Crippen MR) is 81.2 cm³/mol. The second-order valence-electron chi connectivity index (χ2n) is 4.76. The van der Waals surface area contributed by atoms with Gasteiger partial charge in [0.15, 0.2) is 5.16 Å². The number of aliphatic carboxylic acids is 1. The van der Waals surface area contributed by atoms with Gasteiger partial charge in [-0.05, 0) is 31.8 Å². The first kappa shape index (κ1) is 15.8. The molecule has 0 radical (unpaired) electrons. The molecule has 7 heteroatoms. The number of carboxylic acids is 1. The number of benzene rings is 1. The van der Waals surface area contributed by atoms with Crippen molar-refractivity contribution < 1.29 is 14.3 Å². The molecule has 1 heterocycles. The zero-order valence-corrected chi connectivity index (χ0v) is 12.9. The first-order valence-corrected chi connectivity index (χ1v) is 7.68. The molecule has 0 fully saturated rings. The van der Waals surface area contributed by atoms with E-state index in [1.165, 1.54) is 12.1 Å². The summed E-state index contributed by atoms with van der Waals surface area (Å²) in [6.45, 7) is 4.41. The normalized spacial score (nSPS) is 11.4. The third-order valence-corrected chi connectivity index (χ3v) is 4.21. The number of carboxylic acid groups (broad SMARTS) is 1. The van der Waals surface area contributed by atoms with Gasteiger partial charge in [0.2, 0.25) is 0 Å². The summed E-state index contributed by atoms with van der Waals surface area (Å²) in [6, 6.07) is 4.43. The largest absolute Gasteiger partial charge is 0.481 e. The number of nitrogens with zero attached hydrogens (tertiary/aromatic N) is 3. The highest BCUT2D eigenvalue weighted by Crippen LogP contribution is 2.24. The maximum atomic E-state index is 13.5.